The highest BCUT2D eigenvalue weighted by atomic mass is 16.7. The van der Waals surface area contributed by atoms with Gasteiger partial charge in [0.1, 0.15) is 73.2 Å². The lowest BCUT2D eigenvalue weighted by Crippen LogP contribution is -2.70. The first-order valence-corrected chi connectivity index (χ1v) is 27.5. The van der Waals surface area contributed by atoms with E-state index < -0.39 is 141 Å². The Morgan fingerprint density at radius 2 is 1.06 bits per heavy atom. The predicted molar refractivity (Wildman–Crippen MR) is 272 cm³/mol. The van der Waals surface area contributed by atoms with Crippen molar-refractivity contribution in [3.05, 3.63) is 0 Å². The molecular formula is C51H96N2O25. The molecule has 2 amide bonds. The van der Waals surface area contributed by atoms with E-state index in [1.54, 1.807) is 13.8 Å². The first-order valence-electron chi connectivity index (χ1n) is 27.5. The number of ether oxygens (including phenoxy) is 14. The number of aliphatic hydroxyl groups excluding tert-OH is 9. The van der Waals surface area contributed by atoms with Crippen molar-refractivity contribution < 1.29 is 122 Å². The third kappa shape index (κ3) is 24.5. The first-order chi connectivity index (χ1) is 37.4. The van der Waals surface area contributed by atoms with Gasteiger partial charge in [0.2, 0.25) is 11.8 Å². The van der Waals surface area contributed by atoms with Crippen molar-refractivity contribution >= 4 is 11.8 Å². The van der Waals surface area contributed by atoms with Gasteiger partial charge in [-0.25, -0.2) is 0 Å². The number of carbonyl (C=O) groups excluding carboxylic acids is 2. The topological polar surface area (TPSA) is 369 Å². The van der Waals surface area contributed by atoms with Gasteiger partial charge in [-0.2, -0.15) is 0 Å². The maximum atomic E-state index is 12.7. The van der Waals surface area contributed by atoms with Gasteiger partial charge < -0.3 is 123 Å². The van der Waals surface area contributed by atoms with Gasteiger partial charge in [-0.1, -0.05) is 27.7 Å². The van der Waals surface area contributed by atoms with Crippen LogP contribution in [-0.2, 0) is 75.9 Å². The van der Waals surface area contributed by atoms with Gasteiger partial charge in [-0.3, -0.25) is 9.59 Å². The van der Waals surface area contributed by atoms with Crippen LogP contribution in [0.4, 0.5) is 0 Å². The molecule has 3 rings (SSSR count). The summed E-state index contributed by atoms with van der Waals surface area (Å²) in [4.78, 5) is 25.2. The minimum Gasteiger partial charge on any atom is -0.394 e. The fourth-order valence-electron chi connectivity index (χ4n) is 8.83. The second-order valence-corrected chi connectivity index (χ2v) is 19.8. The molecule has 27 nitrogen and oxygen atoms in total. The molecular weight excluding hydrogens is 1040 g/mol. The summed E-state index contributed by atoms with van der Waals surface area (Å²) in [6, 6.07) is -2.69. The van der Waals surface area contributed by atoms with E-state index in [0.29, 0.717) is 78.9 Å². The van der Waals surface area contributed by atoms with E-state index in [-0.39, 0.29) is 45.4 Å². The molecule has 7 unspecified atom stereocenters. The maximum Gasteiger partial charge on any atom is 0.217 e. The minimum absolute atomic E-state index is 0.00333. The number of nitrogens with one attached hydrogen (secondary N) is 2. The predicted octanol–water partition coefficient (Wildman–Crippen LogP) is -3.00. The molecule has 0 bridgehead atoms. The Kier molecular flexibility index (Phi) is 35.6. The molecule has 0 aliphatic carbocycles. The monoisotopic (exact) mass is 1140 g/mol. The van der Waals surface area contributed by atoms with Crippen LogP contribution in [0.25, 0.3) is 0 Å². The van der Waals surface area contributed by atoms with Crippen molar-refractivity contribution in [1.82, 2.24) is 10.6 Å². The smallest absolute Gasteiger partial charge is 0.217 e. The van der Waals surface area contributed by atoms with Crippen LogP contribution in [0.5, 0.6) is 0 Å². The first kappa shape index (κ1) is 70.3. The number of hydrogen-bond donors (Lipinski definition) is 11. The zero-order chi connectivity index (χ0) is 57.6. The van der Waals surface area contributed by atoms with E-state index in [0.717, 1.165) is 19.8 Å². The van der Waals surface area contributed by atoms with Crippen molar-refractivity contribution in [2.45, 2.75) is 197 Å². The van der Waals surface area contributed by atoms with Crippen molar-refractivity contribution in [2.75, 3.05) is 112 Å². The molecule has 3 fully saturated rings. The molecule has 0 aromatic heterocycles. The van der Waals surface area contributed by atoms with Crippen molar-refractivity contribution in [1.29, 1.82) is 0 Å². The zero-order valence-corrected chi connectivity index (χ0v) is 46.7. The molecule has 0 aromatic rings. The Labute approximate surface area is 458 Å². The van der Waals surface area contributed by atoms with Gasteiger partial charge in [-0.05, 0) is 44.9 Å². The lowest BCUT2D eigenvalue weighted by atomic mass is 9.87. The molecule has 78 heavy (non-hydrogen) atoms. The number of amides is 2. The molecule has 0 radical (unpaired) electrons. The molecule has 460 valence electrons. The zero-order valence-electron chi connectivity index (χ0n) is 46.7. The Hall–Kier alpha value is -1.98. The molecule has 3 heterocycles. The highest BCUT2D eigenvalue weighted by Gasteiger charge is 2.54. The molecule has 0 spiro atoms. The molecule has 3 saturated heterocycles. The number of aliphatic hydroxyl groups is 9. The van der Waals surface area contributed by atoms with Crippen LogP contribution in [0.15, 0.2) is 0 Å². The second-order valence-electron chi connectivity index (χ2n) is 19.8. The van der Waals surface area contributed by atoms with Crippen LogP contribution in [0, 0.1) is 5.92 Å². The van der Waals surface area contributed by atoms with Gasteiger partial charge in [-0.15, -0.1) is 0 Å². The molecule has 11 N–H and O–H groups in total. The van der Waals surface area contributed by atoms with Crippen LogP contribution in [0.2, 0.25) is 0 Å². The molecule has 0 saturated carbocycles. The lowest BCUT2D eigenvalue weighted by molar-refractivity contribution is -0.343. The number of rotatable bonds is 42. The maximum absolute atomic E-state index is 12.7. The third-order valence-corrected chi connectivity index (χ3v) is 12.9. The van der Waals surface area contributed by atoms with Crippen LogP contribution in [-0.4, -0.2) is 286 Å². The van der Waals surface area contributed by atoms with Crippen LogP contribution in [0.1, 0.15) is 80.6 Å². The summed E-state index contributed by atoms with van der Waals surface area (Å²) < 4.78 is 80.8. The van der Waals surface area contributed by atoms with Crippen molar-refractivity contribution in [3.8, 4) is 0 Å². The summed E-state index contributed by atoms with van der Waals surface area (Å²) in [5.41, 5.74) is 0. The van der Waals surface area contributed by atoms with E-state index in [1.165, 1.54) is 13.8 Å². The van der Waals surface area contributed by atoms with Crippen molar-refractivity contribution in [3.63, 3.8) is 0 Å². The fourth-order valence-corrected chi connectivity index (χ4v) is 8.83. The summed E-state index contributed by atoms with van der Waals surface area (Å²) in [7, 11) is 0. The molecule has 3 aliphatic heterocycles. The molecule has 27 heteroatoms. The highest BCUT2D eigenvalue weighted by molar-refractivity contribution is 5.73. The SMILES string of the molecule is CCCOCCOCCCOCCOCC[C@@H](O)[C@H](OCCOCCCOCCOCCC)C(O)[C@@H](O)O[C@@H]1C(CO)O[C@@H](O[C@@H]2C(CO[C@@H]3O[C@@H](C)[C@@H](O)C(O)C3O)O[C@@H](C(C)C)C(NC(C)=O)[C@H]2O)C(NC(C)=O)[C@H]1O. The third-order valence-electron chi connectivity index (χ3n) is 12.9. The van der Waals surface area contributed by atoms with E-state index in [4.69, 9.17) is 66.3 Å². The normalized spacial score (nSPS) is 31.2. The van der Waals surface area contributed by atoms with Gasteiger partial charge in [0, 0.05) is 60.1 Å². The Bertz CT molecular complexity index is 1560. The average molecular weight is 1140 g/mol. The van der Waals surface area contributed by atoms with Gasteiger partial charge >= 0.3 is 0 Å². The summed E-state index contributed by atoms with van der Waals surface area (Å²) >= 11 is 0. The van der Waals surface area contributed by atoms with E-state index in [9.17, 15) is 55.5 Å². The Balaban J connectivity index is 1.74. The second kappa shape index (κ2) is 39.5. The fraction of sp³-hybridized carbons (Fsp3) is 0.961. The largest absolute Gasteiger partial charge is 0.394 e. The van der Waals surface area contributed by atoms with Gasteiger partial charge in [0.25, 0.3) is 0 Å². The summed E-state index contributed by atoms with van der Waals surface area (Å²) in [6.45, 7) is 15.4. The van der Waals surface area contributed by atoms with Gasteiger partial charge in [0.05, 0.1) is 90.4 Å². The van der Waals surface area contributed by atoms with E-state index >= 15 is 0 Å². The Morgan fingerprint density at radius 3 is 1.58 bits per heavy atom. The van der Waals surface area contributed by atoms with Crippen molar-refractivity contribution in [2.24, 2.45) is 5.92 Å². The van der Waals surface area contributed by atoms with E-state index in [2.05, 4.69) is 10.6 Å². The summed E-state index contributed by atoms with van der Waals surface area (Å²) in [6.07, 6.45) is -23.6. The van der Waals surface area contributed by atoms with Gasteiger partial charge in [0.15, 0.2) is 18.9 Å². The molecule has 3 aliphatic rings. The van der Waals surface area contributed by atoms with Crippen LogP contribution in [0.3, 0.4) is 0 Å². The quantitative estimate of drug-likeness (QED) is 0.0214. The number of hydrogen-bond acceptors (Lipinski definition) is 25. The lowest BCUT2D eigenvalue weighted by Gasteiger charge is -2.50. The molecule has 19 atom stereocenters. The van der Waals surface area contributed by atoms with Crippen LogP contribution >= 0.6 is 0 Å². The highest BCUT2D eigenvalue weighted by Crippen LogP contribution is 2.34. The number of carbonyl (C=O) groups is 2. The van der Waals surface area contributed by atoms with E-state index in [1.807, 2.05) is 13.8 Å². The summed E-state index contributed by atoms with van der Waals surface area (Å²) in [5, 5.41) is 106. The minimum atomic E-state index is -2.24. The Morgan fingerprint density at radius 1 is 0.564 bits per heavy atom. The molecule has 0 aromatic carbocycles. The standard InChI is InChI=1S/C51H96N2O25/c1-8-13-65-20-22-67-15-10-16-69-24-25-71-19-12-34(57)46(72-27-26-70-18-11-17-68-23-21-66-14-9-2)44(63)49(64)77-47-35(28-54)76-50(38(41(47)60)53-33(7)56)78-48-36(29-73-51-43(62)42(61)39(58)31(5)74-51)75-45(30(3)4)37(40(48)59)52-32(6)55/h30-31,34-51,54,57-64H,8-29H2,1-7H3,(H,52,55)(H,53,56)/t31-,34+,35?,36?,37?,38?,39+,40+,41+,42?,43?,44?,45-,46-,47+,48+,49-,50-,51+/m0/s1. The van der Waals surface area contributed by atoms with Crippen LogP contribution < -0.4 is 10.6 Å². The summed E-state index contributed by atoms with van der Waals surface area (Å²) in [5.74, 6) is -1.56. The average Bonchev–Trinajstić information content (AvgIpc) is 3.47.